The van der Waals surface area contributed by atoms with Crippen molar-refractivity contribution in [1.29, 1.82) is 0 Å². The smallest absolute Gasteiger partial charge is 0.324 e. The van der Waals surface area contributed by atoms with Gasteiger partial charge in [0.25, 0.3) is 0 Å². The maximum atomic E-state index is 13.7. The number of rotatable bonds is 5. The quantitative estimate of drug-likeness (QED) is 0.548. The molecule has 0 spiro atoms. The Morgan fingerprint density at radius 2 is 1.96 bits per heavy atom. The molecule has 0 unspecified atom stereocenters. The number of carbonyl (C=O) groups excluding carboxylic acids is 1. The van der Waals surface area contributed by atoms with Crippen LogP contribution in [0.15, 0.2) is 40.9 Å². The Bertz CT molecular complexity index is 785. The van der Waals surface area contributed by atoms with Gasteiger partial charge in [-0.1, -0.05) is 39.7 Å². The van der Waals surface area contributed by atoms with Crippen molar-refractivity contribution in [2.24, 2.45) is 0 Å². The number of hydrogen-bond acceptors (Lipinski definition) is 2. The number of amides is 1. The first-order chi connectivity index (χ1) is 11.7. The molecular weight excluding hydrogens is 446 g/mol. The van der Waals surface area contributed by atoms with E-state index in [0.29, 0.717) is 10.0 Å². The van der Waals surface area contributed by atoms with Crippen molar-refractivity contribution in [3.63, 3.8) is 0 Å². The number of thioether (sulfide) groups is 1. The van der Waals surface area contributed by atoms with Gasteiger partial charge >= 0.3 is 6.18 Å². The van der Waals surface area contributed by atoms with E-state index in [1.807, 2.05) is 0 Å². The predicted molar refractivity (Wildman–Crippen MR) is 95.3 cm³/mol. The van der Waals surface area contributed by atoms with Crippen molar-refractivity contribution in [3.8, 4) is 0 Å². The Balaban J connectivity index is 1.99. The van der Waals surface area contributed by atoms with Crippen molar-refractivity contribution >= 4 is 50.9 Å². The summed E-state index contributed by atoms with van der Waals surface area (Å²) in [5.41, 5.74) is -1.09. The molecule has 134 valence electrons. The molecule has 0 saturated heterocycles. The number of benzene rings is 2. The molecule has 0 aliphatic carbocycles. The van der Waals surface area contributed by atoms with Gasteiger partial charge < -0.3 is 5.32 Å². The summed E-state index contributed by atoms with van der Waals surface area (Å²) in [5.74, 6) is -1.01. The van der Waals surface area contributed by atoms with Gasteiger partial charge in [-0.05, 0) is 29.8 Å². The molecule has 0 heterocycles. The lowest BCUT2D eigenvalue weighted by molar-refractivity contribution is -0.137. The largest absolute Gasteiger partial charge is 0.418 e. The summed E-state index contributed by atoms with van der Waals surface area (Å²) in [5, 5.41) is 1.98. The molecule has 2 rings (SSSR count). The Kier molecular flexibility index (Phi) is 6.76. The summed E-state index contributed by atoms with van der Waals surface area (Å²) in [6.07, 6.45) is -4.64. The van der Waals surface area contributed by atoms with Gasteiger partial charge in [0, 0.05) is 10.2 Å². The van der Waals surface area contributed by atoms with Gasteiger partial charge in [-0.3, -0.25) is 4.79 Å². The monoisotopic (exact) mass is 455 g/mol. The van der Waals surface area contributed by atoms with E-state index in [-0.39, 0.29) is 16.5 Å². The fourth-order valence-electron chi connectivity index (χ4n) is 1.96. The highest BCUT2D eigenvalue weighted by Gasteiger charge is 2.34. The highest BCUT2D eigenvalue weighted by Crippen LogP contribution is 2.38. The molecule has 0 radical (unpaired) electrons. The molecule has 2 aromatic carbocycles. The third kappa shape index (κ3) is 5.62. The van der Waals surface area contributed by atoms with E-state index < -0.39 is 29.2 Å². The van der Waals surface area contributed by atoms with Gasteiger partial charge in [0.2, 0.25) is 5.91 Å². The molecule has 2 aromatic rings. The van der Waals surface area contributed by atoms with E-state index >= 15 is 0 Å². The molecule has 0 saturated carbocycles. The summed E-state index contributed by atoms with van der Waals surface area (Å²) >= 11 is 9.99. The lowest BCUT2D eigenvalue weighted by Crippen LogP contribution is -2.18. The van der Waals surface area contributed by atoms with Gasteiger partial charge in [-0.25, -0.2) is 4.39 Å². The van der Waals surface area contributed by atoms with Crippen molar-refractivity contribution in [1.82, 2.24) is 0 Å². The van der Waals surface area contributed by atoms with Crippen LogP contribution in [0.25, 0.3) is 0 Å². The second kappa shape index (κ2) is 8.42. The third-order valence-electron chi connectivity index (χ3n) is 3.09. The zero-order valence-corrected chi connectivity index (χ0v) is 15.6. The minimum atomic E-state index is -4.64. The number of anilines is 1. The number of hydrogen-bond donors (Lipinski definition) is 1. The molecule has 0 atom stereocenters. The van der Waals surface area contributed by atoms with Crippen LogP contribution in [-0.2, 0) is 16.7 Å². The molecule has 1 amide bonds. The van der Waals surface area contributed by atoms with Crippen LogP contribution in [-0.4, -0.2) is 11.7 Å². The second-order valence-electron chi connectivity index (χ2n) is 4.94. The predicted octanol–water partition coefficient (Wildman–Crippen LogP) is 6.13. The van der Waals surface area contributed by atoms with Crippen LogP contribution in [0.3, 0.4) is 0 Å². The minimum Gasteiger partial charge on any atom is -0.324 e. The van der Waals surface area contributed by atoms with Gasteiger partial charge in [-0.2, -0.15) is 13.2 Å². The van der Waals surface area contributed by atoms with Crippen LogP contribution in [0.4, 0.5) is 23.2 Å². The van der Waals surface area contributed by atoms with Crippen LogP contribution >= 0.6 is 39.3 Å². The van der Waals surface area contributed by atoms with E-state index in [4.69, 9.17) is 11.6 Å². The zero-order valence-electron chi connectivity index (χ0n) is 12.5. The van der Waals surface area contributed by atoms with Crippen LogP contribution in [0.1, 0.15) is 11.1 Å². The average Bonchev–Trinajstić information content (AvgIpc) is 2.50. The number of para-hydroxylation sites is 1. The fraction of sp³-hybridized carbons (Fsp3) is 0.188. The van der Waals surface area contributed by atoms with Crippen LogP contribution in [0.5, 0.6) is 0 Å². The third-order valence-corrected chi connectivity index (χ3v) is 4.88. The maximum absolute atomic E-state index is 13.7. The molecule has 0 aliphatic rings. The first-order valence-corrected chi connectivity index (χ1v) is 9.18. The summed E-state index contributed by atoms with van der Waals surface area (Å²) < 4.78 is 53.2. The molecule has 2 nitrogen and oxygen atoms in total. The van der Waals surface area contributed by atoms with Crippen LogP contribution in [0, 0.1) is 5.82 Å². The van der Waals surface area contributed by atoms with Crippen molar-refractivity contribution in [2.45, 2.75) is 11.9 Å². The highest BCUT2D eigenvalue weighted by molar-refractivity contribution is 9.10. The van der Waals surface area contributed by atoms with Crippen molar-refractivity contribution < 1.29 is 22.4 Å². The molecule has 0 bridgehead atoms. The van der Waals surface area contributed by atoms with Gasteiger partial charge in [0.15, 0.2) is 0 Å². The van der Waals surface area contributed by atoms with Crippen molar-refractivity contribution in [3.05, 3.63) is 62.8 Å². The Labute approximate surface area is 159 Å². The second-order valence-corrected chi connectivity index (χ2v) is 7.25. The lowest BCUT2D eigenvalue weighted by Gasteiger charge is -2.15. The first kappa shape index (κ1) is 20.1. The Morgan fingerprint density at radius 1 is 1.24 bits per heavy atom. The Hall–Kier alpha value is -1.25. The average molecular weight is 457 g/mol. The lowest BCUT2D eigenvalue weighted by atomic mass is 10.1. The van der Waals surface area contributed by atoms with Crippen molar-refractivity contribution in [2.75, 3.05) is 11.1 Å². The van der Waals surface area contributed by atoms with Gasteiger partial charge in [-0.15, -0.1) is 11.8 Å². The van der Waals surface area contributed by atoms with Crippen LogP contribution < -0.4 is 5.32 Å². The maximum Gasteiger partial charge on any atom is 0.418 e. The van der Waals surface area contributed by atoms with E-state index in [2.05, 4.69) is 21.2 Å². The topological polar surface area (TPSA) is 29.1 Å². The molecule has 25 heavy (non-hydrogen) atoms. The Morgan fingerprint density at radius 3 is 2.60 bits per heavy atom. The zero-order chi connectivity index (χ0) is 18.6. The first-order valence-electron chi connectivity index (χ1n) is 6.85. The van der Waals surface area contributed by atoms with Gasteiger partial charge in [0.05, 0.1) is 22.0 Å². The molecule has 1 N–H and O–H groups in total. The number of alkyl halides is 3. The summed E-state index contributed by atoms with van der Waals surface area (Å²) in [6, 6.07) is 7.79. The molecule has 0 aliphatic heterocycles. The summed E-state index contributed by atoms with van der Waals surface area (Å²) in [4.78, 5) is 11.9. The summed E-state index contributed by atoms with van der Waals surface area (Å²) in [7, 11) is 0. The normalized spacial score (nSPS) is 11.4. The summed E-state index contributed by atoms with van der Waals surface area (Å²) in [6.45, 7) is 0. The van der Waals surface area contributed by atoms with E-state index in [1.165, 1.54) is 12.1 Å². The van der Waals surface area contributed by atoms with Crippen LogP contribution in [0.2, 0.25) is 5.02 Å². The van der Waals surface area contributed by atoms with E-state index in [0.717, 1.165) is 23.9 Å². The molecule has 9 heteroatoms. The number of halogens is 6. The fourth-order valence-corrected chi connectivity index (χ4v) is 3.32. The number of nitrogens with one attached hydrogen (secondary N) is 1. The number of carbonyl (C=O) groups is 1. The highest BCUT2D eigenvalue weighted by atomic mass is 79.9. The molecular formula is C16H11BrClF4NOS. The van der Waals surface area contributed by atoms with E-state index in [1.54, 1.807) is 12.1 Å². The standard InChI is InChI=1S/C16H11BrClF4NOS/c17-10-5-4-9(13(19)6-10)7-25-8-14(24)23-15-11(16(20,21)22)2-1-3-12(15)18/h1-6H,7-8H2,(H,23,24). The minimum absolute atomic E-state index is 0.141. The molecule has 0 aromatic heterocycles. The SMILES string of the molecule is O=C(CSCc1ccc(Br)cc1F)Nc1c(Cl)cccc1C(F)(F)F. The van der Waals surface area contributed by atoms with E-state index in [9.17, 15) is 22.4 Å². The molecule has 0 fully saturated rings. The van der Waals surface area contributed by atoms with Gasteiger partial charge in [0.1, 0.15) is 5.82 Å².